The van der Waals surface area contributed by atoms with E-state index >= 15 is 0 Å². The average molecular weight is 381 g/mol. The molecule has 0 bridgehead atoms. The normalized spacial score (nSPS) is 14.4. The Morgan fingerprint density at radius 1 is 0.929 bits per heavy atom. The van der Waals surface area contributed by atoms with Crippen LogP contribution in [0.2, 0.25) is 0 Å². The van der Waals surface area contributed by atoms with Gasteiger partial charge in [-0.1, -0.05) is 6.92 Å². The molecule has 6 heteroatoms. The number of hydrogen-bond acceptors (Lipinski definition) is 4. The smallest absolute Gasteiger partial charge is 0.233 e. The fourth-order valence-electron chi connectivity index (χ4n) is 3.25. The Hall–Kier alpha value is -3.02. The van der Waals surface area contributed by atoms with E-state index < -0.39 is 0 Å². The van der Waals surface area contributed by atoms with Crippen LogP contribution >= 0.6 is 0 Å². The molecule has 0 spiro atoms. The second kappa shape index (κ2) is 9.26. The standard InChI is InChI=1S/C22H27N3O3/c1-16-11-13-25(14-12-16)19-7-3-17(4-8-19)23-21(26)15-22(27)24-18-5-9-20(28-2)10-6-18/h3-10,16H,11-15H2,1-2H3,(H,23,26)(H,24,27). The number of piperidine rings is 1. The highest BCUT2D eigenvalue weighted by atomic mass is 16.5. The fourth-order valence-corrected chi connectivity index (χ4v) is 3.25. The maximum atomic E-state index is 12.1. The molecule has 2 N–H and O–H groups in total. The molecule has 1 aliphatic rings. The summed E-state index contributed by atoms with van der Waals surface area (Å²) in [4.78, 5) is 26.5. The molecule has 2 amide bonds. The lowest BCUT2D eigenvalue weighted by molar-refractivity contribution is -0.123. The van der Waals surface area contributed by atoms with Gasteiger partial charge in [0.15, 0.2) is 0 Å². The highest BCUT2D eigenvalue weighted by molar-refractivity contribution is 6.08. The lowest BCUT2D eigenvalue weighted by Crippen LogP contribution is -2.32. The number of rotatable bonds is 6. The number of anilines is 3. The summed E-state index contributed by atoms with van der Waals surface area (Å²) < 4.78 is 5.08. The van der Waals surface area contributed by atoms with Gasteiger partial charge in [-0.05, 0) is 67.3 Å². The molecule has 2 aromatic rings. The van der Waals surface area contributed by atoms with E-state index in [9.17, 15) is 9.59 Å². The van der Waals surface area contributed by atoms with Crippen LogP contribution < -0.4 is 20.3 Å². The Morgan fingerprint density at radius 3 is 1.93 bits per heavy atom. The molecule has 2 aromatic carbocycles. The van der Waals surface area contributed by atoms with E-state index in [2.05, 4.69) is 22.5 Å². The maximum Gasteiger partial charge on any atom is 0.233 e. The van der Waals surface area contributed by atoms with Gasteiger partial charge in [0, 0.05) is 30.2 Å². The van der Waals surface area contributed by atoms with Crippen molar-refractivity contribution < 1.29 is 14.3 Å². The molecule has 3 rings (SSSR count). The monoisotopic (exact) mass is 381 g/mol. The zero-order chi connectivity index (χ0) is 19.9. The summed E-state index contributed by atoms with van der Waals surface area (Å²) in [6.45, 7) is 4.43. The van der Waals surface area contributed by atoms with Crippen molar-refractivity contribution >= 4 is 28.9 Å². The van der Waals surface area contributed by atoms with Crippen molar-refractivity contribution in [3.63, 3.8) is 0 Å². The number of methoxy groups -OCH3 is 1. The van der Waals surface area contributed by atoms with Crippen molar-refractivity contribution in [3.8, 4) is 5.75 Å². The third-order valence-corrected chi connectivity index (χ3v) is 4.99. The van der Waals surface area contributed by atoms with Crippen LogP contribution in [-0.4, -0.2) is 32.0 Å². The van der Waals surface area contributed by atoms with E-state index in [1.54, 1.807) is 31.4 Å². The number of carbonyl (C=O) groups is 2. The van der Waals surface area contributed by atoms with Crippen LogP contribution in [0.4, 0.5) is 17.1 Å². The summed E-state index contributed by atoms with van der Waals surface area (Å²) in [5, 5.41) is 5.48. The van der Waals surface area contributed by atoms with E-state index in [0.717, 1.165) is 19.0 Å². The summed E-state index contributed by atoms with van der Waals surface area (Å²) in [6.07, 6.45) is 2.18. The largest absolute Gasteiger partial charge is 0.497 e. The molecule has 0 unspecified atom stereocenters. The van der Waals surface area contributed by atoms with E-state index in [1.807, 2.05) is 24.3 Å². The molecule has 0 atom stereocenters. The van der Waals surface area contributed by atoms with Crippen molar-refractivity contribution in [1.82, 2.24) is 0 Å². The molecule has 1 saturated heterocycles. The molecule has 148 valence electrons. The van der Waals surface area contributed by atoms with Crippen LogP contribution in [0.1, 0.15) is 26.2 Å². The van der Waals surface area contributed by atoms with Crippen molar-refractivity contribution in [1.29, 1.82) is 0 Å². The first-order valence-corrected chi connectivity index (χ1v) is 9.62. The van der Waals surface area contributed by atoms with Gasteiger partial charge in [0.1, 0.15) is 12.2 Å². The lowest BCUT2D eigenvalue weighted by Gasteiger charge is -2.32. The second-order valence-corrected chi connectivity index (χ2v) is 7.22. The zero-order valence-electron chi connectivity index (χ0n) is 16.4. The predicted molar refractivity (Wildman–Crippen MR) is 112 cm³/mol. The molecule has 1 aliphatic heterocycles. The molecule has 28 heavy (non-hydrogen) atoms. The lowest BCUT2D eigenvalue weighted by atomic mass is 9.99. The van der Waals surface area contributed by atoms with Gasteiger partial charge in [0.25, 0.3) is 0 Å². The highest BCUT2D eigenvalue weighted by Gasteiger charge is 2.16. The number of ether oxygens (including phenoxy) is 1. The maximum absolute atomic E-state index is 12.1. The summed E-state index contributed by atoms with van der Waals surface area (Å²) in [6, 6.07) is 14.8. The van der Waals surface area contributed by atoms with Gasteiger partial charge in [-0.25, -0.2) is 0 Å². The molecule has 0 radical (unpaired) electrons. The highest BCUT2D eigenvalue weighted by Crippen LogP contribution is 2.24. The van der Waals surface area contributed by atoms with E-state index in [1.165, 1.54) is 18.5 Å². The van der Waals surface area contributed by atoms with Crippen LogP contribution in [0, 0.1) is 5.92 Å². The van der Waals surface area contributed by atoms with Crippen LogP contribution in [0.3, 0.4) is 0 Å². The molecule has 6 nitrogen and oxygen atoms in total. The van der Waals surface area contributed by atoms with Crippen LogP contribution in [-0.2, 0) is 9.59 Å². The van der Waals surface area contributed by atoms with Gasteiger partial charge in [0.2, 0.25) is 11.8 Å². The van der Waals surface area contributed by atoms with Gasteiger partial charge in [-0.3, -0.25) is 9.59 Å². The number of hydrogen-bond donors (Lipinski definition) is 2. The third kappa shape index (κ3) is 5.49. The van der Waals surface area contributed by atoms with Crippen molar-refractivity contribution in [2.45, 2.75) is 26.2 Å². The summed E-state index contributed by atoms with van der Waals surface area (Å²) in [5.74, 6) is 0.796. The topological polar surface area (TPSA) is 70.7 Å². The van der Waals surface area contributed by atoms with Crippen LogP contribution in [0.5, 0.6) is 5.75 Å². The van der Waals surface area contributed by atoms with E-state index in [-0.39, 0.29) is 18.2 Å². The summed E-state index contributed by atoms with van der Waals surface area (Å²) in [7, 11) is 1.58. The van der Waals surface area contributed by atoms with Gasteiger partial charge in [-0.15, -0.1) is 0 Å². The first-order valence-electron chi connectivity index (χ1n) is 9.62. The quantitative estimate of drug-likeness (QED) is 0.745. The summed E-state index contributed by atoms with van der Waals surface area (Å²) >= 11 is 0. The van der Waals surface area contributed by atoms with Crippen molar-refractivity contribution in [2.75, 3.05) is 35.7 Å². The number of amides is 2. The Kier molecular flexibility index (Phi) is 6.53. The SMILES string of the molecule is COc1ccc(NC(=O)CC(=O)Nc2ccc(N3CCC(C)CC3)cc2)cc1. The first-order chi connectivity index (χ1) is 13.5. The molecule has 0 aromatic heterocycles. The minimum atomic E-state index is -0.360. The van der Waals surface area contributed by atoms with Crippen molar-refractivity contribution in [3.05, 3.63) is 48.5 Å². The number of carbonyl (C=O) groups excluding carboxylic acids is 2. The van der Waals surface area contributed by atoms with Crippen LogP contribution in [0.15, 0.2) is 48.5 Å². The molecule has 1 fully saturated rings. The van der Waals surface area contributed by atoms with Crippen molar-refractivity contribution in [2.24, 2.45) is 5.92 Å². The van der Waals surface area contributed by atoms with Gasteiger partial charge < -0.3 is 20.3 Å². The van der Waals surface area contributed by atoms with Gasteiger partial charge in [-0.2, -0.15) is 0 Å². The summed E-state index contributed by atoms with van der Waals surface area (Å²) in [5.41, 5.74) is 2.48. The van der Waals surface area contributed by atoms with Gasteiger partial charge in [0.05, 0.1) is 7.11 Å². The number of benzene rings is 2. The number of nitrogens with one attached hydrogen (secondary N) is 2. The molecule has 0 saturated carbocycles. The van der Waals surface area contributed by atoms with Gasteiger partial charge >= 0.3 is 0 Å². The Balaban J connectivity index is 1.47. The minimum Gasteiger partial charge on any atom is -0.497 e. The fraction of sp³-hybridized carbons (Fsp3) is 0.364. The predicted octanol–water partition coefficient (Wildman–Crippen LogP) is 3.90. The first kappa shape index (κ1) is 19.7. The Morgan fingerprint density at radius 2 is 1.43 bits per heavy atom. The Bertz CT molecular complexity index is 795. The van der Waals surface area contributed by atoms with E-state index in [0.29, 0.717) is 17.1 Å². The Labute approximate surface area is 165 Å². The molecular formula is C22H27N3O3. The second-order valence-electron chi connectivity index (χ2n) is 7.22. The average Bonchev–Trinajstić information content (AvgIpc) is 2.69. The zero-order valence-corrected chi connectivity index (χ0v) is 16.4. The van der Waals surface area contributed by atoms with E-state index in [4.69, 9.17) is 4.74 Å². The molecule has 1 heterocycles. The molecule has 0 aliphatic carbocycles. The minimum absolute atomic E-state index is 0.238. The van der Waals surface area contributed by atoms with Crippen LogP contribution in [0.25, 0.3) is 0 Å². The third-order valence-electron chi connectivity index (χ3n) is 4.99. The number of nitrogens with zero attached hydrogens (tertiary/aromatic N) is 1. The molecular weight excluding hydrogens is 354 g/mol.